The number of aromatic nitrogens is 2. The van der Waals surface area contributed by atoms with E-state index in [9.17, 15) is 9.59 Å². The van der Waals surface area contributed by atoms with Crippen LogP contribution in [0, 0.1) is 0 Å². The van der Waals surface area contributed by atoms with E-state index in [1.165, 1.54) is 11.8 Å². The third kappa shape index (κ3) is 3.33. The Bertz CT molecular complexity index is 420. The van der Waals surface area contributed by atoms with Crippen LogP contribution < -0.4 is 0 Å². The molecule has 1 aliphatic rings. The number of carbonyl (C=O) groups excluding carboxylic acids is 2. The summed E-state index contributed by atoms with van der Waals surface area (Å²) < 4.78 is 1.71. The summed E-state index contributed by atoms with van der Waals surface area (Å²) >= 11 is 1.48. The first-order valence-electron chi connectivity index (χ1n) is 5.56. The average Bonchev–Trinajstić information content (AvgIpc) is 2.73. The topological polar surface area (TPSA) is 55.2 Å². The normalized spacial score (nSPS) is 16.3. The van der Waals surface area contributed by atoms with E-state index in [4.69, 9.17) is 0 Å². The van der Waals surface area contributed by atoms with Crippen LogP contribution in [0.25, 0.3) is 0 Å². The lowest BCUT2D eigenvalue weighted by molar-refractivity contribution is -0.132. The van der Waals surface area contributed by atoms with Crippen LogP contribution in [0.5, 0.6) is 0 Å². The van der Waals surface area contributed by atoms with Crippen molar-refractivity contribution < 1.29 is 9.59 Å². The molecule has 1 aromatic heterocycles. The Labute approximate surface area is 104 Å². The molecule has 2 rings (SSSR count). The van der Waals surface area contributed by atoms with Crippen molar-refractivity contribution in [3.63, 3.8) is 0 Å². The third-order valence-corrected chi connectivity index (χ3v) is 3.65. The number of Topliss-reactive ketones (excluding diaryl/α,β-unsaturated/α-hetero) is 1. The molecular weight excluding hydrogens is 238 g/mol. The van der Waals surface area contributed by atoms with E-state index < -0.39 is 0 Å². The zero-order chi connectivity index (χ0) is 12.3. The molecule has 6 heteroatoms. The van der Waals surface area contributed by atoms with Gasteiger partial charge in [-0.15, -0.1) is 11.8 Å². The Hall–Kier alpha value is -1.30. The van der Waals surface area contributed by atoms with E-state index in [1.807, 2.05) is 13.2 Å². The first kappa shape index (κ1) is 12.2. The van der Waals surface area contributed by atoms with Gasteiger partial charge in [-0.05, 0) is 0 Å². The number of thioether (sulfide) groups is 1. The maximum absolute atomic E-state index is 11.9. The van der Waals surface area contributed by atoms with Crippen LogP contribution >= 0.6 is 11.8 Å². The van der Waals surface area contributed by atoms with Gasteiger partial charge in [0.05, 0.1) is 11.9 Å². The van der Waals surface area contributed by atoms with Crippen LogP contribution in [-0.2, 0) is 16.6 Å². The predicted molar refractivity (Wildman–Crippen MR) is 64.8 cm³/mol. The molecule has 1 saturated heterocycles. The molecular formula is C11H15N3O2S. The van der Waals surface area contributed by atoms with Crippen molar-refractivity contribution in [1.29, 1.82) is 0 Å². The molecule has 0 atom stereocenters. The fourth-order valence-corrected chi connectivity index (χ4v) is 2.54. The second kappa shape index (κ2) is 5.35. The third-order valence-electron chi connectivity index (χ3n) is 2.72. The largest absolute Gasteiger partial charge is 0.341 e. The van der Waals surface area contributed by atoms with E-state index in [0.717, 1.165) is 4.90 Å². The molecule has 5 nitrogen and oxygen atoms in total. The highest BCUT2D eigenvalue weighted by atomic mass is 32.2. The number of nitrogens with zero attached hydrogens (tertiary/aromatic N) is 3. The van der Waals surface area contributed by atoms with Crippen molar-refractivity contribution in [2.24, 2.45) is 7.05 Å². The molecule has 1 aromatic rings. The first-order valence-corrected chi connectivity index (χ1v) is 6.54. The van der Waals surface area contributed by atoms with Gasteiger partial charge in [0.25, 0.3) is 0 Å². The second-order valence-electron chi connectivity index (χ2n) is 4.06. The summed E-state index contributed by atoms with van der Waals surface area (Å²) in [7, 11) is 1.85. The summed E-state index contributed by atoms with van der Waals surface area (Å²) in [5.41, 5.74) is 0. The van der Waals surface area contributed by atoms with Crippen LogP contribution in [-0.4, -0.2) is 45.2 Å². The number of likely N-dealkylation sites (tertiary alicyclic amines) is 1. The van der Waals surface area contributed by atoms with E-state index in [-0.39, 0.29) is 11.7 Å². The Morgan fingerprint density at radius 3 is 2.76 bits per heavy atom. The molecule has 0 spiro atoms. The van der Waals surface area contributed by atoms with Crippen LogP contribution in [0.3, 0.4) is 0 Å². The first-order chi connectivity index (χ1) is 8.15. The summed E-state index contributed by atoms with van der Waals surface area (Å²) in [6, 6.07) is 0. The van der Waals surface area contributed by atoms with Crippen LogP contribution in [0.4, 0.5) is 0 Å². The van der Waals surface area contributed by atoms with Crippen LogP contribution in [0.2, 0.25) is 0 Å². The molecule has 1 fully saturated rings. The number of ketones is 1. The fourth-order valence-electron chi connectivity index (χ4n) is 1.72. The van der Waals surface area contributed by atoms with E-state index in [2.05, 4.69) is 5.10 Å². The number of aryl methyl sites for hydroxylation is 1. The maximum atomic E-state index is 11.9. The highest BCUT2D eigenvalue weighted by Gasteiger charge is 2.20. The van der Waals surface area contributed by atoms with Crippen molar-refractivity contribution in [2.75, 3.05) is 18.8 Å². The molecule has 0 aliphatic carbocycles. The van der Waals surface area contributed by atoms with Crippen LogP contribution in [0.1, 0.15) is 12.8 Å². The lowest BCUT2D eigenvalue weighted by Gasteiger charge is -2.25. The minimum absolute atomic E-state index is 0.103. The van der Waals surface area contributed by atoms with Gasteiger partial charge in [-0.3, -0.25) is 14.3 Å². The summed E-state index contributed by atoms with van der Waals surface area (Å²) in [5.74, 6) is 0.778. The molecule has 1 aliphatic heterocycles. The molecule has 2 heterocycles. The van der Waals surface area contributed by atoms with E-state index >= 15 is 0 Å². The van der Waals surface area contributed by atoms with Crippen molar-refractivity contribution in [3.8, 4) is 0 Å². The zero-order valence-electron chi connectivity index (χ0n) is 9.76. The summed E-state index contributed by atoms with van der Waals surface area (Å²) in [6.07, 6.45) is 4.64. The Kier molecular flexibility index (Phi) is 3.83. The van der Waals surface area contributed by atoms with Gasteiger partial charge in [-0.25, -0.2) is 0 Å². The van der Waals surface area contributed by atoms with Gasteiger partial charge in [-0.1, -0.05) is 0 Å². The minimum Gasteiger partial charge on any atom is -0.341 e. The van der Waals surface area contributed by atoms with Crippen molar-refractivity contribution in [3.05, 3.63) is 12.4 Å². The van der Waals surface area contributed by atoms with Crippen molar-refractivity contribution in [1.82, 2.24) is 14.7 Å². The number of hydrogen-bond donors (Lipinski definition) is 0. The van der Waals surface area contributed by atoms with Crippen molar-refractivity contribution >= 4 is 23.5 Å². The Balaban J connectivity index is 1.79. The zero-order valence-corrected chi connectivity index (χ0v) is 10.6. The van der Waals surface area contributed by atoms with E-state index in [0.29, 0.717) is 31.7 Å². The van der Waals surface area contributed by atoms with Gasteiger partial charge in [0.15, 0.2) is 0 Å². The van der Waals surface area contributed by atoms with Gasteiger partial charge < -0.3 is 4.90 Å². The molecule has 0 unspecified atom stereocenters. The molecule has 17 heavy (non-hydrogen) atoms. The molecule has 92 valence electrons. The molecule has 0 saturated carbocycles. The molecule has 0 radical (unpaired) electrons. The predicted octanol–water partition coefficient (Wildman–Crippen LogP) is 0.704. The number of piperidine rings is 1. The standard InChI is InChI=1S/C11H15N3O2S/c1-13-7-10(6-12-13)17-8-11(16)14-4-2-9(15)3-5-14/h6-7H,2-5,8H2,1H3. The molecule has 0 bridgehead atoms. The SMILES string of the molecule is Cn1cc(SCC(=O)N2CCC(=O)CC2)cn1. The van der Waals surface area contributed by atoms with E-state index in [1.54, 1.807) is 15.8 Å². The number of rotatable bonds is 3. The molecule has 0 N–H and O–H groups in total. The number of amides is 1. The smallest absolute Gasteiger partial charge is 0.232 e. The van der Waals surface area contributed by atoms with Crippen LogP contribution in [0.15, 0.2) is 17.3 Å². The second-order valence-corrected chi connectivity index (χ2v) is 5.11. The van der Waals surface area contributed by atoms with Gasteiger partial charge in [0.1, 0.15) is 5.78 Å². The lowest BCUT2D eigenvalue weighted by Crippen LogP contribution is -2.39. The monoisotopic (exact) mass is 253 g/mol. The minimum atomic E-state index is 0.103. The fraction of sp³-hybridized carbons (Fsp3) is 0.545. The average molecular weight is 253 g/mol. The van der Waals surface area contributed by atoms with Gasteiger partial charge in [0.2, 0.25) is 5.91 Å². The molecule has 0 aromatic carbocycles. The number of hydrogen-bond acceptors (Lipinski definition) is 4. The maximum Gasteiger partial charge on any atom is 0.232 e. The summed E-state index contributed by atoms with van der Waals surface area (Å²) in [4.78, 5) is 25.7. The quantitative estimate of drug-likeness (QED) is 0.744. The summed E-state index contributed by atoms with van der Waals surface area (Å²) in [6.45, 7) is 1.15. The highest BCUT2D eigenvalue weighted by Crippen LogP contribution is 2.17. The van der Waals surface area contributed by atoms with Gasteiger partial charge in [-0.2, -0.15) is 5.10 Å². The van der Waals surface area contributed by atoms with Gasteiger partial charge in [0, 0.05) is 44.1 Å². The highest BCUT2D eigenvalue weighted by molar-refractivity contribution is 8.00. The number of carbonyl (C=O) groups is 2. The van der Waals surface area contributed by atoms with Gasteiger partial charge >= 0.3 is 0 Å². The summed E-state index contributed by atoms with van der Waals surface area (Å²) in [5, 5.41) is 4.04. The molecule has 1 amide bonds. The Morgan fingerprint density at radius 1 is 1.47 bits per heavy atom. The lowest BCUT2D eigenvalue weighted by atomic mass is 10.1. The van der Waals surface area contributed by atoms with Crippen molar-refractivity contribution in [2.45, 2.75) is 17.7 Å². The Morgan fingerprint density at radius 2 is 2.18 bits per heavy atom.